The molecule has 4 unspecified atom stereocenters. The number of nitrogens with one attached hydrogen (secondary N) is 6. The van der Waals surface area contributed by atoms with E-state index in [1.807, 2.05) is 0 Å². The van der Waals surface area contributed by atoms with Gasteiger partial charge in [0.15, 0.2) is 0 Å². The first kappa shape index (κ1) is 43.1. The van der Waals surface area contributed by atoms with Gasteiger partial charge in [-0.3, -0.25) is 58.8 Å². The largest absolute Gasteiger partial charge is 0.394 e. The van der Waals surface area contributed by atoms with Gasteiger partial charge in [0.05, 0.1) is 19.7 Å². The van der Waals surface area contributed by atoms with Crippen molar-refractivity contribution in [1.29, 1.82) is 0 Å². The van der Waals surface area contributed by atoms with Crippen molar-refractivity contribution in [2.24, 2.45) is 0 Å². The van der Waals surface area contributed by atoms with E-state index in [0.29, 0.717) is 15.2 Å². The fraction of sp³-hybridized carbons (Fsp3) is 0.679. The zero-order valence-corrected chi connectivity index (χ0v) is 28.1. The molecule has 4 atom stereocenters. The van der Waals surface area contributed by atoms with Crippen LogP contribution in [0.5, 0.6) is 0 Å². The molecule has 1 rings (SSSR count). The summed E-state index contributed by atoms with van der Waals surface area (Å²) < 4.78 is 0. The van der Waals surface area contributed by atoms with Crippen LogP contribution >= 0.6 is 0 Å². The first-order valence-corrected chi connectivity index (χ1v) is 15.7. The molecule has 1 aliphatic heterocycles. The molecule has 1 aliphatic rings. The third-order valence-electron chi connectivity index (χ3n) is 7.28. The van der Waals surface area contributed by atoms with Crippen molar-refractivity contribution in [2.75, 3.05) is 39.3 Å². The standard InChI is InChI=1S/C28H47N9O13/c1-16(39)35(48)10-4-7-19-25(44)29-14-24(43)32-22(15-38)26(45)30-13-23(42)31-20(8-5-11-36(49)17(2)40)27(46)34-21(28(47)33-19)9-6-12-37(50)18(3)41/h19-22,38,48-50H,4-15H2,1-3H3,(H,29,44)(H,30,45)(H,31,42)(H,32,43)(H,33,47)(H,34,46). The molecule has 0 aromatic heterocycles. The van der Waals surface area contributed by atoms with Crippen molar-refractivity contribution in [3.63, 3.8) is 0 Å². The van der Waals surface area contributed by atoms with Crippen LogP contribution in [0.3, 0.4) is 0 Å². The predicted octanol–water partition coefficient (Wildman–Crippen LogP) is -4.78. The number of carbonyl (C=O) groups excluding carboxylic acids is 9. The Bertz CT molecular complexity index is 1230. The Balaban J connectivity index is 3.45. The van der Waals surface area contributed by atoms with Crippen LogP contribution < -0.4 is 31.9 Å². The number of nitrogens with zero attached hydrogens (tertiary/aromatic N) is 3. The van der Waals surface area contributed by atoms with E-state index in [2.05, 4.69) is 31.9 Å². The molecular weight excluding hydrogens is 670 g/mol. The van der Waals surface area contributed by atoms with Crippen LogP contribution in [0.4, 0.5) is 0 Å². The van der Waals surface area contributed by atoms with Gasteiger partial charge in [-0.05, 0) is 38.5 Å². The lowest BCUT2D eigenvalue weighted by molar-refractivity contribution is -0.163. The van der Waals surface area contributed by atoms with Gasteiger partial charge in [0.25, 0.3) is 0 Å². The summed E-state index contributed by atoms with van der Waals surface area (Å²) in [5, 5.41) is 53.9. The summed E-state index contributed by atoms with van der Waals surface area (Å²) in [5.74, 6) is -7.64. The minimum Gasteiger partial charge on any atom is -0.394 e. The molecule has 10 N–H and O–H groups in total. The lowest BCUT2D eigenvalue weighted by Gasteiger charge is -2.26. The third kappa shape index (κ3) is 16.0. The molecule has 0 radical (unpaired) electrons. The minimum atomic E-state index is -1.54. The number of amides is 9. The van der Waals surface area contributed by atoms with Gasteiger partial charge < -0.3 is 37.0 Å². The Hall–Kier alpha value is -4.93. The first-order chi connectivity index (χ1) is 23.5. The number of rotatable bonds is 13. The van der Waals surface area contributed by atoms with E-state index in [0.717, 1.165) is 20.8 Å². The molecule has 0 aromatic carbocycles. The van der Waals surface area contributed by atoms with Crippen molar-refractivity contribution < 1.29 is 63.9 Å². The predicted molar refractivity (Wildman–Crippen MR) is 166 cm³/mol. The van der Waals surface area contributed by atoms with E-state index < -0.39 is 97.0 Å². The van der Waals surface area contributed by atoms with Crippen molar-refractivity contribution in [3.8, 4) is 0 Å². The summed E-state index contributed by atoms with van der Waals surface area (Å²) in [7, 11) is 0. The molecule has 282 valence electrons. The Morgan fingerprint density at radius 2 is 0.840 bits per heavy atom. The van der Waals surface area contributed by atoms with Gasteiger partial charge in [-0.2, -0.15) is 0 Å². The summed E-state index contributed by atoms with van der Waals surface area (Å²) in [4.78, 5) is 112. The van der Waals surface area contributed by atoms with E-state index in [1.54, 1.807) is 0 Å². The molecule has 0 aromatic rings. The zero-order chi connectivity index (χ0) is 38.0. The van der Waals surface area contributed by atoms with Crippen molar-refractivity contribution in [2.45, 2.75) is 83.5 Å². The summed E-state index contributed by atoms with van der Waals surface area (Å²) in [6, 6.07) is -5.79. The fourth-order valence-corrected chi connectivity index (χ4v) is 4.42. The lowest BCUT2D eigenvalue weighted by atomic mass is 10.1. The minimum absolute atomic E-state index is 0.0290. The van der Waals surface area contributed by atoms with Gasteiger partial charge in [-0.15, -0.1) is 0 Å². The van der Waals surface area contributed by atoms with Gasteiger partial charge >= 0.3 is 0 Å². The summed E-state index contributed by atoms with van der Waals surface area (Å²) >= 11 is 0. The second-order valence-corrected chi connectivity index (χ2v) is 11.3. The van der Waals surface area contributed by atoms with E-state index in [1.165, 1.54) is 0 Å². The lowest BCUT2D eigenvalue weighted by Crippen LogP contribution is -2.59. The summed E-state index contributed by atoms with van der Waals surface area (Å²) in [6.07, 6.45) is -0.685. The first-order valence-electron chi connectivity index (χ1n) is 15.7. The van der Waals surface area contributed by atoms with E-state index in [4.69, 9.17) is 0 Å². The maximum absolute atomic E-state index is 13.6. The van der Waals surface area contributed by atoms with Crippen LogP contribution in [0.15, 0.2) is 0 Å². The van der Waals surface area contributed by atoms with Crippen molar-refractivity contribution in [3.05, 3.63) is 0 Å². The molecule has 0 aliphatic carbocycles. The molecule has 1 fully saturated rings. The highest BCUT2D eigenvalue weighted by Crippen LogP contribution is 2.07. The topological polar surface area (TPSA) is 316 Å². The molecule has 22 nitrogen and oxygen atoms in total. The van der Waals surface area contributed by atoms with Gasteiger partial charge in [-0.1, -0.05) is 0 Å². The van der Waals surface area contributed by atoms with Crippen LogP contribution in [-0.2, 0) is 43.2 Å². The Morgan fingerprint density at radius 1 is 0.540 bits per heavy atom. The average Bonchev–Trinajstić information content (AvgIpc) is 3.05. The maximum atomic E-state index is 13.6. The van der Waals surface area contributed by atoms with Gasteiger partial charge in [0.1, 0.15) is 24.2 Å². The SMILES string of the molecule is CC(=O)N(O)CCCC1NC(=O)CNC(=O)C(CO)NC(=O)CNC(=O)C(CCCN(O)C(C)=O)NC(=O)C(CCCN(O)C(C)=O)NC1=O. The Kier molecular flexibility index (Phi) is 18.9. The maximum Gasteiger partial charge on any atom is 0.245 e. The number of hydrogen-bond acceptors (Lipinski definition) is 13. The molecule has 22 heteroatoms. The number of aliphatic hydroxyl groups is 1. The fourth-order valence-electron chi connectivity index (χ4n) is 4.42. The van der Waals surface area contributed by atoms with Crippen LogP contribution in [-0.4, -0.2) is 153 Å². The van der Waals surface area contributed by atoms with Crippen LogP contribution in [0, 0.1) is 0 Å². The quantitative estimate of drug-likeness (QED) is 0.0633. The van der Waals surface area contributed by atoms with Crippen molar-refractivity contribution >= 4 is 53.2 Å². The molecular formula is C28H47N9O13. The highest BCUT2D eigenvalue weighted by Gasteiger charge is 2.31. The Morgan fingerprint density at radius 3 is 1.18 bits per heavy atom. The Labute approximate surface area is 287 Å². The number of aliphatic hydroxyl groups excluding tert-OH is 1. The molecule has 1 saturated heterocycles. The normalized spacial score (nSPS) is 21.2. The zero-order valence-electron chi connectivity index (χ0n) is 28.1. The number of hydroxylamine groups is 6. The average molecular weight is 718 g/mol. The van der Waals surface area contributed by atoms with Crippen molar-refractivity contribution in [1.82, 2.24) is 47.1 Å². The summed E-state index contributed by atoms with van der Waals surface area (Å²) in [5.41, 5.74) is 0. The molecule has 1 heterocycles. The van der Waals surface area contributed by atoms with Crippen LogP contribution in [0.1, 0.15) is 59.3 Å². The van der Waals surface area contributed by atoms with Gasteiger partial charge in [0.2, 0.25) is 53.2 Å². The third-order valence-corrected chi connectivity index (χ3v) is 7.28. The monoisotopic (exact) mass is 717 g/mol. The van der Waals surface area contributed by atoms with E-state index in [-0.39, 0.29) is 58.2 Å². The number of hydrogen-bond donors (Lipinski definition) is 10. The van der Waals surface area contributed by atoms with E-state index in [9.17, 15) is 63.9 Å². The van der Waals surface area contributed by atoms with Gasteiger partial charge in [-0.25, -0.2) is 15.2 Å². The van der Waals surface area contributed by atoms with E-state index >= 15 is 0 Å². The highest BCUT2D eigenvalue weighted by molar-refractivity contribution is 5.96. The molecule has 50 heavy (non-hydrogen) atoms. The second-order valence-electron chi connectivity index (χ2n) is 11.3. The molecule has 0 bridgehead atoms. The smallest absolute Gasteiger partial charge is 0.245 e. The molecule has 0 saturated carbocycles. The van der Waals surface area contributed by atoms with Crippen LogP contribution in [0.25, 0.3) is 0 Å². The highest BCUT2D eigenvalue weighted by atomic mass is 16.5. The summed E-state index contributed by atoms with van der Waals surface area (Å²) in [6.45, 7) is 0.217. The number of carbonyl (C=O) groups is 9. The molecule has 0 spiro atoms. The van der Waals surface area contributed by atoms with Gasteiger partial charge in [0, 0.05) is 40.4 Å². The second kappa shape index (κ2) is 21.9. The van der Waals surface area contributed by atoms with Crippen LogP contribution in [0.2, 0.25) is 0 Å². The molecule has 9 amide bonds.